The number of fused-ring (bicyclic) bond motifs is 1. The summed E-state index contributed by atoms with van der Waals surface area (Å²) < 4.78 is 3.33. The molecule has 5 heteroatoms. The zero-order chi connectivity index (χ0) is 17.2. The third-order valence-electron chi connectivity index (χ3n) is 5.18. The van der Waals surface area contributed by atoms with Crippen LogP contribution in [-0.2, 0) is 13.3 Å². The molecule has 25 heavy (non-hydrogen) atoms. The summed E-state index contributed by atoms with van der Waals surface area (Å²) in [4.78, 5) is 15.2. The Morgan fingerprint density at radius 1 is 0.920 bits per heavy atom. The van der Waals surface area contributed by atoms with Crippen molar-refractivity contribution in [1.82, 2.24) is 14.0 Å². The summed E-state index contributed by atoms with van der Waals surface area (Å²) >= 11 is 0. The van der Waals surface area contributed by atoms with E-state index in [-0.39, 0.29) is 18.5 Å². The SMILES string of the molecule is O=c1n(CO)c2ccccc2n1C1CCN(Cc2ccccc2)CC1. The Balaban J connectivity index is 1.54. The van der Waals surface area contributed by atoms with Crippen LogP contribution in [0.2, 0.25) is 0 Å². The summed E-state index contributed by atoms with van der Waals surface area (Å²) in [5.74, 6) is 0. The van der Waals surface area contributed by atoms with Crippen molar-refractivity contribution in [3.63, 3.8) is 0 Å². The Morgan fingerprint density at radius 3 is 2.24 bits per heavy atom. The van der Waals surface area contributed by atoms with E-state index in [0.717, 1.165) is 43.5 Å². The van der Waals surface area contributed by atoms with Gasteiger partial charge in [0.15, 0.2) is 0 Å². The second-order valence-electron chi connectivity index (χ2n) is 6.70. The van der Waals surface area contributed by atoms with E-state index in [0.29, 0.717) is 0 Å². The van der Waals surface area contributed by atoms with Crippen molar-refractivity contribution in [2.24, 2.45) is 0 Å². The van der Waals surface area contributed by atoms with Crippen LogP contribution in [-0.4, -0.2) is 32.2 Å². The normalized spacial score (nSPS) is 16.5. The standard InChI is InChI=1S/C20H23N3O2/c24-15-22-18-8-4-5-9-19(18)23(20(22)25)17-10-12-21(13-11-17)14-16-6-2-1-3-7-16/h1-9,17,24H,10-15H2. The van der Waals surface area contributed by atoms with Crippen molar-refractivity contribution >= 4 is 11.0 Å². The number of aromatic nitrogens is 2. The van der Waals surface area contributed by atoms with Gasteiger partial charge in [0.05, 0.1) is 11.0 Å². The van der Waals surface area contributed by atoms with Crippen LogP contribution in [0.4, 0.5) is 0 Å². The van der Waals surface area contributed by atoms with Crippen LogP contribution in [0.1, 0.15) is 24.4 Å². The van der Waals surface area contributed by atoms with Crippen LogP contribution in [0.5, 0.6) is 0 Å². The Morgan fingerprint density at radius 2 is 1.56 bits per heavy atom. The van der Waals surface area contributed by atoms with E-state index < -0.39 is 0 Å². The highest BCUT2D eigenvalue weighted by atomic mass is 16.3. The average Bonchev–Trinajstić information content (AvgIpc) is 2.94. The molecule has 5 nitrogen and oxygen atoms in total. The highest BCUT2D eigenvalue weighted by Gasteiger charge is 2.24. The third-order valence-corrected chi connectivity index (χ3v) is 5.18. The molecule has 0 amide bonds. The van der Waals surface area contributed by atoms with Gasteiger partial charge in [0.2, 0.25) is 0 Å². The highest BCUT2D eigenvalue weighted by Crippen LogP contribution is 2.26. The number of aliphatic hydroxyl groups excluding tert-OH is 1. The van der Waals surface area contributed by atoms with E-state index in [1.165, 1.54) is 10.1 Å². The number of likely N-dealkylation sites (tertiary alicyclic amines) is 1. The maximum atomic E-state index is 12.7. The third kappa shape index (κ3) is 3.01. The van der Waals surface area contributed by atoms with Crippen molar-refractivity contribution in [2.75, 3.05) is 13.1 Å². The topological polar surface area (TPSA) is 50.4 Å². The van der Waals surface area contributed by atoms with E-state index >= 15 is 0 Å². The summed E-state index contributed by atoms with van der Waals surface area (Å²) in [5, 5.41) is 9.58. The number of hydrogen-bond donors (Lipinski definition) is 1. The van der Waals surface area contributed by atoms with Gasteiger partial charge < -0.3 is 5.11 Å². The van der Waals surface area contributed by atoms with Gasteiger partial charge in [-0.2, -0.15) is 0 Å². The fourth-order valence-corrected chi connectivity index (χ4v) is 3.90. The lowest BCUT2D eigenvalue weighted by Crippen LogP contribution is -2.37. The first-order chi connectivity index (χ1) is 12.3. The number of imidazole rings is 1. The number of aliphatic hydroxyl groups is 1. The molecule has 2 aromatic carbocycles. The largest absolute Gasteiger partial charge is 0.376 e. The molecule has 1 aromatic heterocycles. The summed E-state index contributed by atoms with van der Waals surface area (Å²) in [6.45, 7) is 2.63. The molecule has 0 saturated carbocycles. The number of nitrogens with zero attached hydrogens (tertiary/aromatic N) is 3. The molecule has 0 radical (unpaired) electrons. The molecule has 1 fully saturated rings. The van der Waals surface area contributed by atoms with Crippen LogP contribution in [0.3, 0.4) is 0 Å². The Bertz CT molecular complexity index is 906. The van der Waals surface area contributed by atoms with E-state index in [9.17, 15) is 9.90 Å². The van der Waals surface area contributed by atoms with Crippen molar-refractivity contribution < 1.29 is 5.11 Å². The minimum atomic E-state index is -0.279. The van der Waals surface area contributed by atoms with Gasteiger partial charge >= 0.3 is 5.69 Å². The van der Waals surface area contributed by atoms with Crippen LogP contribution in [0, 0.1) is 0 Å². The molecule has 3 aromatic rings. The molecule has 2 heterocycles. The first kappa shape index (κ1) is 16.1. The fraction of sp³-hybridized carbons (Fsp3) is 0.350. The van der Waals surface area contributed by atoms with Crippen molar-refractivity contribution in [3.8, 4) is 0 Å². The zero-order valence-corrected chi connectivity index (χ0v) is 14.2. The summed E-state index contributed by atoms with van der Waals surface area (Å²) in [6, 6.07) is 18.4. The first-order valence-corrected chi connectivity index (χ1v) is 8.85. The Hall–Kier alpha value is -2.37. The van der Waals surface area contributed by atoms with Gasteiger partial charge in [0.25, 0.3) is 0 Å². The minimum absolute atomic E-state index is 0.106. The predicted octanol–water partition coefficient (Wildman–Crippen LogP) is 2.59. The van der Waals surface area contributed by atoms with E-state index in [4.69, 9.17) is 0 Å². The van der Waals surface area contributed by atoms with Gasteiger partial charge in [0.1, 0.15) is 6.73 Å². The summed E-state index contributed by atoms with van der Waals surface area (Å²) in [5.41, 5.74) is 2.95. The zero-order valence-electron chi connectivity index (χ0n) is 14.2. The second-order valence-corrected chi connectivity index (χ2v) is 6.70. The molecule has 0 bridgehead atoms. The molecular formula is C20H23N3O2. The monoisotopic (exact) mass is 337 g/mol. The smallest absolute Gasteiger partial charge is 0.331 e. The Labute approximate surface area is 146 Å². The molecule has 0 unspecified atom stereocenters. The molecule has 1 aliphatic heterocycles. The molecule has 130 valence electrons. The average molecular weight is 337 g/mol. The van der Waals surface area contributed by atoms with Crippen LogP contribution < -0.4 is 5.69 Å². The lowest BCUT2D eigenvalue weighted by molar-refractivity contribution is 0.175. The molecule has 4 rings (SSSR count). The van der Waals surface area contributed by atoms with Crippen molar-refractivity contribution in [3.05, 3.63) is 70.6 Å². The molecular weight excluding hydrogens is 314 g/mol. The second kappa shape index (κ2) is 6.86. The number of benzene rings is 2. The molecule has 1 saturated heterocycles. The Kier molecular flexibility index (Phi) is 4.42. The maximum Gasteiger partial charge on any atom is 0.331 e. The predicted molar refractivity (Wildman–Crippen MR) is 98.4 cm³/mol. The first-order valence-electron chi connectivity index (χ1n) is 8.85. The van der Waals surface area contributed by atoms with Gasteiger partial charge in [-0.1, -0.05) is 42.5 Å². The minimum Gasteiger partial charge on any atom is -0.376 e. The van der Waals surface area contributed by atoms with Crippen LogP contribution in [0.15, 0.2) is 59.4 Å². The van der Waals surface area contributed by atoms with Crippen molar-refractivity contribution in [1.29, 1.82) is 0 Å². The van der Waals surface area contributed by atoms with Gasteiger partial charge in [-0.15, -0.1) is 0 Å². The lowest BCUT2D eigenvalue weighted by Gasteiger charge is -2.32. The summed E-state index contributed by atoms with van der Waals surface area (Å²) in [6.07, 6.45) is 1.90. The quantitative estimate of drug-likeness (QED) is 0.796. The number of rotatable bonds is 4. The van der Waals surface area contributed by atoms with Gasteiger partial charge in [0, 0.05) is 25.7 Å². The number of hydrogen-bond acceptors (Lipinski definition) is 3. The van der Waals surface area contributed by atoms with Gasteiger partial charge in [-0.3, -0.25) is 14.0 Å². The number of piperidine rings is 1. The van der Waals surface area contributed by atoms with E-state index in [2.05, 4.69) is 29.2 Å². The molecule has 0 spiro atoms. The number of para-hydroxylation sites is 2. The van der Waals surface area contributed by atoms with E-state index in [1.807, 2.05) is 34.9 Å². The van der Waals surface area contributed by atoms with E-state index in [1.54, 1.807) is 0 Å². The molecule has 1 N–H and O–H groups in total. The lowest BCUT2D eigenvalue weighted by atomic mass is 10.0. The highest BCUT2D eigenvalue weighted by molar-refractivity contribution is 5.76. The molecule has 1 aliphatic rings. The van der Waals surface area contributed by atoms with Crippen molar-refractivity contribution in [2.45, 2.75) is 32.2 Å². The van der Waals surface area contributed by atoms with Gasteiger partial charge in [-0.05, 0) is 30.5 Å². The maximum absolute atomic E-state index is 12.7. The summed E-state index contributed by atoms with van der Waals surface area (Å²) in [7, 11) is 0. The fourth-order valence-electron chi connectivity index (χ4n) is 3.90. The molecule has 0 atom stereocenters. The van der Waals surface area contributed by atoms with Gasteiger partial charge in [-0.25, -0.2) is 4.79 Å². The molecule has 0 aliphatic carbocycles. The van der Waals surface area contributed by atoms with Crippen LogP contribution in [0.25, 0.3) is 11.0 Å². The van der Waals surface area contributed by atoms with Crippen LogP contribution >= 0.6 is 0 Å².